The molecule has 1 aromatic heterocycles. The van der Waals surface area contributed by atoms with Crippen LogP contribution in [0.5, 0.6) is 0 Å². The molecule has 9 heteroatoms. The summed E-state index contributed by atoms with van der Waals surface area (Å²) in [4.78, 5) is 15.7. The van der Waals surface area contributed by atoms with Crippen LogP contribution in [0.15, 0.2) is 59.1 Å². The molecule has 2 aliphatic carbocycles. The van der Waals surface area contributed by atoms with E-state index in [0.717, 1.165) is 35.1 Å². The van der Waals surface area contributed by atoms with Crippen LogP contribution in [-0.4, -0.2) is 27.3 Å². The summed E-state index contributed by atoms with van der Waals surface area (Å²) in [7, 11) is 0. The van der Waals surface area contributed by atoms with Crippen molar-refractivity contribution in [3.63, 3.8) is 0 Å². The minimum absolute atomic E-state index is 0. The number of nitriles is 1. The van der Waals surface area contributed by atoms with Gasteiger partial charge in [-0.3, -0.25) is 4.79 Å². The van der Waals surface area contributed by atoms with E-state index >= 15 is 0 Å². The van der Waals surface area contributed by atoms with Gasteiger partial charge in [-0.1, -0.05) is 35.5 Å². The smallest absolute Gasteiger partial charge is 0.306 e. The minimum Gasteiger partial charge on any atom is -0.481 e. The van der Waals surface area contributed by atoms with Gasteiger partial charge in [-0.15, -0.1) is 12.4 Å². The predicted molar refractivity (Wildman–Crippen MR) is 146 cm³/mol. The molecule has 0 aliphatic heterocycles. The lowest BCUT2D eigenvalue weighted by atomic mass is 9.80. The quantitative estimate of drug-likeness (QED) is 0.295. The van der Waals surface area contributed by atoms with E-state index in [2.05, 4.69) is 27.6 Å². The zero-order valence-corrected chi connectivity index (χ0v) is 22.0. The molecule has 0 bridgehead atoms. The Bertz CT molecular complexity index is 1610. The third-order valence-electron chi connectivity index (χ3n) is 7.72. The van der Waals surface area contributed by atoms with Crippen LogP contribution in [0.1, 0.15) is 47.6 Å². The maximum atomic E-state index is 14.1. The van der Waals surface area contributed by atoms with Gasteiger partial charge in [0.2, 0.25) is 5.82 Å². The zero-order valence-electron chi connectivity index (χ0n) is 21.1. The highest BCUT2D eigenvalue weighted by molar-refractivity contribution is 5.85. The second kappa shape index (κ2) is 10.6. The number of rotatable bonds is 6. The lowest BCUT2D eigenvalue weighted by molar-refractivity contribution is -0.145. The molecular formula is C30H26ClFN4O3. The Labute approximate surface area is 231 Å². The van der Waals surface area contributed by atoms with Crippen molar-refractivity contribution in [2.24, 2.45) is 5.92 Å². The van der Waals surface area contributed by atoms with E-state index in [1.807, 2.05) is 37.3 Å². The van der Waals surface area contributed by atoms with Gasteiger partial charge in [0.1, 0.15) is 11.9 Å². The van der Waals surface area contributed by atoms with Gasteiger partial charge in [0.25, 0.3) is 5.89 Å². The van der Waals surface area contributed by atoms with Crippen LogP contribution in [-0.2, 0) is 11.2 Å². The average Bonchev–Trinajstić information content (AvgIpc) is 3.53. The molecule has 0 amide bonds. The summed E-state index contributed by atoms with van der Waals surface area (Å²) < 4.78 is 19.7. The van der Waals surface area contributed by atoms with Crippen molar-refractivity contribution < 1.29 is 18.8 Å². The second-order valence-corrected chi connectivity index (χ2v) is 10.1. The number of carboxylic acids is 1. The number of hydrogen-bond donors (Lipinski definition) is 2. The number of aromatic nitrogens is 2. The first-order chi connectivity index (χ1) is 18.4. The van der Waals surface area contributed by atoms with Crippen LogP contribution >= 0.6 is 12.4 Å². The molecule has 6 rings (SSSR count). The highest BCUT2D eigenvalue weighted by Crippen LogP contribution is 2.37. The van der Waals surface area contributed by atoms with Crippen molar-refractivity contribution in [3.05, 3.63) is 82.7 Å². The van der Waals surface area contributed by atoms with Crippen molar-refractivity contribution in [1.82, 2.24) is 15.5 Å². The van der Waals surface area contributed by atoms with Gasteiger partial charge in [-0.05, 0) is 79.1 Å². The first-order valence-electron chi connectivity index (χ1n) is 12.7. The van der Waals surface area contributed by atoms with Gasteiger partial charge in [0.05, 0.1) is 11.5 Å². The SMILES string of the molecule is Cc1cc(-c2nc(-c3ccc4c(c3)CCC4NC3CC(C(=O)O)C3)no2)ccc1-c1cccc(F)c1C#N.Cl. The van der Waals surface area contributed by atoms with Crippen molar-refractivity contribution >= 4 is 18.4 Å². The third kappa shape index (κ3) is 4.91. The Hall–Kier alpha value is -4.06. The molecule has 2 N–H and O–H groups in total. The fourth-order valence-corrected chi connectivity index (χ4v) is 5.59. The fraction of sp³-hybridized carbons (Fsp3) is 0.267. The van der Waals surface area contributed by atoms with E-state index in [1.54, 1.807) is 12.1 Å². The van der Waals surface area contributed by atoms with Crippen LogP contribution in [0.2, 0.25) is 0 Å². The highest BCUT2D eigenvalue weighted by Gasteiger charge is 2.36. The number of carboxylic acid groups (broad SMARTS) is 1. The summed E-state index contributed by atoms with van der Waals surface area (Å²) in [5.41, 5.74) is 6.31. The third-order valence-corrected chi connectivity index (χ3v) is 7.72. The zero-order chi connectivity index (χ0) is 26.4. The summed E-state index contributed by atoms with van der Waals surface area (Å²) in [6.07, 6.45) is 3.29. The molecule has 1 unspecified atom stereocenters. The van der Waals surface area contributed by atoms with Crippen molar-refractivity contribution in [3.8, 4) is 40.0 Å². The number of benzene rings is 3. The Morgan fingerprint density at radius 3 is 2.67 bits per heavy atom. The average molecular weight is 545 g/mol. The molecule has 0 spiro atoms. The van der Waals surface area contributed by atoms with Gasteiger partial charge in [-0.2, -0.15) is 10.2 Å². The number of nitrogens with one attached hydrogen (secondary N) is 1. The first-order valence-corrected chi connectivity index (χ1v) is 12.7. The van der Waals surface area contributed by atoms with E-state index in [0.29, 0.717) is 30.1 Å². The molecule has 198 valence electrons. The van der Waals surface area contributed by atoms with E-state index < -0.39 is 11.8 Å². The molecule has 1 saturated carbocycles. The Balaban J connectivity index is 0.00000308. The maximum Gasteiger partial charge on any atom is 0.306 e. The molecule has 2 aliphatic rings. The lowest BCUT2D eigenvalue weighted by Gasteiger charge is -2.35. The predicted octanol–water partition coefficient (Wildman–Crippen LogP) is 6.25. The Morgan fingerprint density at radius 2 is 1.92 bits per heavy atom. The molecule has 39 heavy (non-hydrogen) atoms. The van der Waals surface area contributed by atoms with Crippen LogP contribution in [0.25, 0.3) is 34.0 Å². The Morgan fingerprint density at radius 1 is 1.13 bits per heavy atom. The standard InChI is InChI=1S/C30H25FN4O3.ClH/c1-16-11-19(6-8-22(16)24-3-2-4-26(31)25(24)15-32)29-34-28(35-38-29)18-5-9-23-17(12-18)7-10-27(23)33-21-13-20(14-21)30(36)37;/h2-6,8-9,11-12,20-21,27,33H,7,10,13-14H2,1H3,(H,36,37);1H. The largest absolute Gasteiger partial charge is 0.481 e. The van der Waals surface area contributed by atoms with E-state index in [4.69, 9.17) is 9.63 Å². The number of aryl methyl sites for hydroxylation is 2. The summed E-state index contributed by atoms with van der Waals surface area (Å²) in [6, 6.07) is 18.8. The van der Waals surface area contributed by atoms with Crippen LogP contribution < -0.4 is 5.32 Å². The van der Waals surface area contributed by atoms with Crippen molar-refractivity contribution in [2.75, 3.05) is 0 Å². The normalized spacial score (nSPS) is 19.5. The number of aliphatic carboxylic acids is 1. The number of nitrogens with zero attached hydrogens (tertiary/aromatic N) is 3. The van der Waals surface area contributed by atoms with Crippen molar-refractivity contribution in [1.29, 1.82) is 5.26 Å². The first kappa shape index (κ1) is 26.5. The molecule has 3 aromatic carbocycles. The van der Waals surface area contributed by atoms with E-state index in [9.17, 15) is 14.4 Å². The number of halogens is 2. The van der Waals surface area contributed by atoms with Gasteiger partial charge < -0.3 is 14.9 Å². The molecule has 1 heterocycles. The van der Waals surface area contributed by atoms with E-state index in [1.165, 1.54) is 17.2 Å². The molecule has 7 nitrogen and oxygen atoms in total. The summed E-state index contributed by atoms with van der Waals surface area (Å²) in [5, 5.41) is 26.3. The van der Waals surface area contributed by atoms with Crippen LogP contribution in [0, 0.1) is 30.0 Å². The maximum absolute atomic E-state index is 14.1. The monoisotopic (exact) mass is 544 g/mol. The summed E-state index contributed by atoms with van der Waals surface area (Å²) >= 11 is 0. The second-order valence-electron chi connectivity index (χ2n) is 10.1. The van der Waals surface area contributed by atoms with Gasteiger partial charge >= 0.3 is 5.97 Å². The van der Waals surface area contributed by atoms with Crippen molar-refractivity contribution in [2.45, 2.75) is 44.7 Å². The molecule has 1 atom stereocenters. The number of fused-ring (bicyclic) bond motifs is 1. The van der Waals surface area contributed by atoms with Gasteiger partial charge in [0.15, 0.2) is 0 Å². The topological polar surface area (TPSA) is 112 Å². The molecular weight excluding hydrogens is 519 g/mol. The van der Waals surface area contributed by atoms with Crippen LogP contribution in [0.4, 0.5) is 4.39 Å². The fourth-order valence-electron chi connectivity index (χ4n) is 5.59. The Kier molecular flexibility index (Phi) is 7.21. The lowest BCUT2D eigenvalue weighted by Crippen LogP contribution is -2.45. The minimum atomic E-state index is -0.704. The van der Waals surface area contributed by atoms with Gasteiger partial charge in [0, 0.05) is 28.8 Å². The molecule has 1 fully saturated rings. The molecule has 4 aromatic rings. The molecule has 0 radical (unpaired) electrons. The van der Waals surface area contributed by atoms with Gasteiger partial charge in [-0.25, -0.2) is 4.39 Å². The highest BCUT2D eigenvalue weighted by atomic mass is 35.5. The number of carbonyl (C=O) groups is 1. The van der Waals surface area contributed by atoms with E-state index in [-0.39, 0.29) is 36.0 Å². The summed E-state index contributed by atoms with van der Waals surface area (Å²) in [5.74, 6) is -0.584. The van der Waals surface area contributed by atoms with Crippen LogP contribution in [0.3, 0.4) is 0 Å². The summed E-state index contributed by atoms with van der Waals surface area (Å²) in [6.45, 7) is 1.90. The number of hydrogen-bond acceptors (Lipinski definition) is 6. The molecule has 0 saturated heterocycles.